The third kappa shape index (κ3) is 3.55. The van der Waals surface area contributed by atoms with Crippen LogP contribution < -0.4 is 14.9 Å². The number of esters is 1. The Bertz CT molecular complexity index is 954. The number of ether oxygens (including phenoxy) is 2. The van der Waals surface area contributed by atoms with Crippen molar-refractivity contribution in [1.29, 1.82) is 0 Å². The fourth-order valence-electron chi connectivity index (χ4n) is 2.53. The number of rotatable bonds is 5. The second-order valence-electron chi connectivity index (χ2n) is 5.59. The molecular formula is C20H18O5. The van der Waals surface area contributed by atoms with Crippen LogP contribution in [0.25, 0.3) is 22.1 Å². The molecule has 0 atom stereocenters. The Morgan fingerprint density at radius 3 is 2.48 bits per heavy atom. The van der Waals surface area contributed by atoms with Crippen molar-refractivity contribution in [3.05, 3.63) is 59.0 Å². The van der Waals surface area contributed by atoms with Crippen molar-refractivity contribution >= 4 is 16.9 Å². The monoisotopic (exact) mass is 338 g/mol. The van der Waals surface area contributed by atoms with E-state index in [2.05, 4.69) is 0 Å². The molecule has 1 aromatic heterocycles. The van der Waals surface area contributed by atoms with Gasteiger partial charge in [0.05, 0.1) is 18.1 Å². The minimum Gasteiger partial charge on any atom is -0.497 e. The summed E-state index contributed by atoms with van der Waals surface area (Å²) in [5, 5.41) is 0.434. The van der Waals surface area contributed by atoms with Crippen molar-refractivity contribution in [2.24, 2.45) is 0 Å². The van der Waals surface area contributed by atoms with Crippen molar-refractivity contribution in [3.8, 4) is 22.6 Å². The lowest BCUT2D eigenvalue weighted by Crippen LogP contribution is -2.08. The molecule has 3 aromatic rings. The van der Waals surface area contributed by atoms with Crippen molar-refractivity contribution in [2.75, 3.05) is 7.11 Å². The van der Waals surface area contributed by atoms with Gasteiger partial charge < -0.3 is 13.9 Å². The van der Waals surface area contributed by atoms with Crippen molar-refractivity contribution in [3.63, 3.8) is 0 Å². The van der Waals surface area contributed by atoms with Crippen molar-refractivity contribution in [1.82, 2.24) is 0 Å². The highest BCUT2D eigenvalue weighted by atomic mass is 16.5. The number of benzene rings is 2. The van der Waals surface area contributed by atoms with Gasteiger partial charge >= 0.3 is 5.97 Å². The van der Waals surface area contributed by atoms with Gasteiger partial charge in [0.1, 0.15) is 23.3 Å². The van der Waals surface area contributed by atoms with Gasteiger partial charge in [-0.3, -0.25) is 9.59 Å². The molecule has 1 heterocycles. The molecule has 5 heteroatoms. The van der Waals surface area contributed by atoms with Crippen LogP contribution in [0.1, 0.15) is 19.8 Å². The Morgan fingerprint density at radius 1 is 1.08 bits per heavy atom. The van der Waals surface area contributed by atoms with E-state index in [0.29, 0.717) is 40.9 Å². The van der Waals surface area contributed by atoms with Crippen LogP contribution in [0.15, 0.2) is 57.9 Å². The Kier molecular flexibility index (Phi) is 4.84. The molecule has 0 spiro atoms. The molecular weight excluding hydrogens is 320 g/mol. The van der Waals surface area contributed by atoms with Crippen LogP contribution in [-0.4, -0.2) is 13.1 Å². The third-order valence-electron chi connectivity index (χ3n) is 3.83. The predicted octanol–water partition coefficient (Wildman–Crippen LogP) is 4.17. The molecule has 25 heavy (non-hydrogen) atoms. The summed E-state index contributed by atoms with van der Waals surface area (Å²) in [7, 11) is 1.59. The van der Waals surface area contributed by atoms with E-state index in [-0.39, 0.29) is 11.4 Å². The molecule has 0 aliphatic carbocycles. The molecule has 0 fully saturated rings. The van der Waals surface area contributed by atoms with E-state index in [0.717, 1.165) is 5.56 Å². The van der Waals surface area contributed by atoms with Crippen LogP contribution >= 0.6 is 0 Å². The van der Waals surface area contributed by atoms with Crippen LogP contribution in [-0.2, 0) is 4.79 Å². The van der Waals surface area contributed by atoms with Crippen molar-refractivity contribution < 1.29 is 18.7 Å². The van der Waals surface area contributed by atoms with Crippen LogP contribution in [0, 0.1) is 0 Å². The maximum atomic E-state index is 12.7. The molecule has 0 radical (unpaired) electrons. The predicted molar refractivity (Wildman–Crippen MR) is 95.0 cm³/mol. The van der Waals surface area contributed by atoms with Gasteiger partial charge in [-0.1, -0.05) is 19.1 Å². The van der Waals surface area contributed by atoms with Crippen LogP contribution in [0.5, 0.6) is 11.5 Å². The number of carbonyl (C=O) groups is 1. The summed E-state index contributed by atoms with van der Waals surface area (Å²) in [4.78, 5) is 24.3. The smallest absolute Gasteiger partial charge is 0.311 e. The van der Waals surface area contributed by atoms with Crippen LogP contribution in [0.3, 0.4) is 0 Å². The lowest BCUT2D eigenvalue weighted by molar-refractivity contribution is -0.134. The van der Waals surface area contributed by atoms with E-state index < -0.39 is 0 Å². The fourth-order valence-corrected chi connectivity index (χ4v) is 2.53. The zero-order valence-electron chi connectivity index (χ0n) is 14.1. The van der Waals surface area contributed by atoms with Gasteiger partial charge in [-0.05, 0) is 36.2 Å². The van der Waals surface area contributed by atoms with Gasteiger partial charge in [0, 0.05) is 12.5 Å². The number of carbonyl (C=O) groups excluding carboxylic acids is 1. The van der Waals surface area contributed by atoms with E-state index in [1.54, 1.807) is 49.6 Å². The highest BCUT2D eigenvalue weighted by Crippen LogP contribution is 2.24. The normalized spacial score (nSPS) is 10.6. The first-order valence-electron chi connectivity index (χ1n) is 8.03. The molecule has 0 unspecified atom stereocenters. The molecule has 0 saturated heterocycles. The quantitative estimate of drug-likeness (QED) is 0.516. The maximum Gasteiger partial charge on any atom is 0.311 e. The molecule has 0 N–H and O–H groups in total. The van der Waals surface area contributed by atoms with Crippen LogP contribution in [0.2, 0.25) is 0 Å². The highest BCUT2D eigenvalue weighted by Gasteiger charge is 2.11. The molecule has 0 bridgehead atoms. The SMILES string of the molecule is CCCC(=O)Oc1ccc2c(=O)c(-c3ccc(OC)cc3)coc2c1. The molecule has 0 aliphatic rings. The van der Waals surface area contributed by atoms with Crippen molar-refractivity contribution in [2.45, 2.75) is 19.8 Å². The average molecular weight is 338 g/mol. The minimum atomic E-state index is -0.306. The van der Waals surface area contributed by atoms with E-state index in [1.165, 1.54) is 6.26 Å². The standard InChI is InChI=1S/C20H18O5/c1-3-4-19(21)25-15-9-10-16-18(11-15)24-12-17(20(16)22)13-5-7-14(23-2)8-6-13/h5-12H,3-4H2,1-2H3. The molecule has 3 rings (SSSR count). The molecule has 0 amide bonds. The third-order valence-corrected chi connectivity index (χ3v) is 3.83. The Hall–Kier alpha value is -3.08. The first kappa shape index (κ1) is 16.8. The zero-order chi connectivity index (χ0) is 17.8. The second-order valence-corrected chi connectivity index (χ2v) is 5.59. The molecule has 2 aromatic carbocycles. The molecule has 128 valence electrons. The maximum absolute atomic E-state index is 12.7. The largest absolute Gasteiger partial charge is 0.497 e. The van der Waals surface area contributed by atoms with Crippen LogP contribution in [0.4, 0.5) is 0 Å². The summed E-state index contributed by atoms with van der Waals surface area (Å²) in [6.07, 6.45) is 2.48. The Labute approximate surface area is 144 Å². The summed E-state index contributed by atoms with van der Waals surface area (Å²) in [6, 6.07) is 12.0. The van der Waals surface area contributed by atoms with Gasteiger partial charge in [0.15, 0.2) is 5.43 Å². The van der Waals surface area contributed by atoms with E-state index in [1.807, 2.05) is 6.92 Å². The first-order valence-corrected chi connectivity index (χ1v) is 8.03. The van der Waals surface area contributed by atoms with Gasteiger partial charge in [0.2, 0.25) is 0 Å². The number of methoxy groups -OCH3 is 1. The Morgan fingerprint density at radius 2 is 1.80 bits per heavy atom. The minimum absolute atomic E-state index is 0.141. The average Bonchev–Trinajstić information content (AvgIpc) is 2.62. The van der Waals surface area contributed by atoms with Gasteiger partial charge in [-0.15, -0.1) is 0 Å². The summed E-state index contributed by atoms with van der Waals surface area (Å²) < 4.78 is 15.9. The molecule has 0 saturated carbocycles. The van der Waals surface area contributed by atoms with E-state index in [9.17, 15) is 9.59 Å². The highest BCUT2D eigenvalue weighted by molar-refractivity contribution is 5.83. The zero-order valence-corrected chi connectivity index (χ0v) is 14.1. The summed E-state index contributed by atoms with van der Waals surface area (Å²) >= 11 is 0. The first-order chi connectivity index (χ1) is 12.1. The number of fused-ring (bicyclic) bond motifs is 1. The van der Waals surface area contributed by atoms with Gasteiger partial charge in [-0.2, -0.15) is 0 Å². The topological polar surface area (TPSA) is 65.7 Å². The fraction of sp³-hybridized carbons (Fsp3) is 0.200. The molecule has 0 aliphatic heterocycles. The van der Waals surface area contributed by atoms with E-state index >= 15 is 0 Å². The van der Waals surface area contributed by atoms with E-state index in [4.69, 9.17) is 13.9 Å². The molecule has 5 nitrogen and oxygen atoms in total. The second kappa shape index (κ2) is 7.21. The lowest BCUT2D eigenvalue weighted by atomic mass is 10.1. The van der Waals surface area contributed by atoms with Gasteiger partial charge in [-0.25, -0.2) is 0 Å². The lowest BCUT2D eigenvalue weighted by Gasteiger charge is -2.06. The summed E-state index contributed by atoms with van der Waals surface area (Å²) in [5.41, 5.74) is 1.45. The van der Waals surface area contributed by atoms with Gasteiger partial charge in [0.25, 0.3) is 0 Å². The number of hydrogen-bond donors (Lipinski definition) is 0. The number of hydrogen-bond acceptors (Lipinski definition) is 5. The Balaban J connectivity index is 1.97. The summed E-state index contributed by atoms with van der Waals surface area (Å²) in [5.74, 6) is 0.776. The summed E-state index contributed by atoms with van der Waals surface area (Å²) in [6.45, 7) is 1.90.